The summed E-state index contributed by atoms with van der Waals surface area (Å²) in [5, 5.41) is 1.27. The summed E-state index contributed by atoms with van der Waals surface area (Å²) in [4.78, 5) is 28.9. The molecule has 1 aromatic rings. The van der Waals surface area contributed by atoms with E-state index < -0.39 is 11.8 Å². The first kappa shape index (κ1) is 13.5. The molecule has 1 heterocycles. The number of carbonyl (C=O) groups is 2. The summed E-state index contributed by atoms with van der Waals surface area (Å²) in [6.07, 6.45) is 0. The molecule has 0 aliphatic carbocycles. The van der Waals surface area contributed by atoms with Gasteiger partial charge in [-0.25, -0.2) is 5.06 Å². The standard InChI is InChI=1S/C13H16N2O4/c1-18-7-6-15-13(17)11(8-19-15)9-4-2-3-5-10(9)12(14)16/h2-5,11H,6-8H2,1H3,(H2,14,16)/t11-/m0/s1. The molecule has 2 rings (SSSR count). The van der Waals surface area contributed by atoms with E-state index in [9.17, 15) is 9.59 Å². The third-order valence-electron chi connectivity index (χ3n) is 3.04. The summed E-state index contributed by atoms with van der Waals surface area (Å²) in [6.45, 7) is 0.980. The van der Waals surface area contributed by atoms with Crippen LogP contribution in [0.4, 0.5) is 0 Å². The van der Waals surface area contributed by atoms with Crippen molar-refractivity contribution in [1.82, 2.24) is 5.06 Å². The number of nitrogens with two attached hydrogens (primary N) is 1. The number of benzene rings is 1. The topological polar surface area (TPSA) is 81.9 Å². The van der Waals surface area contributed by atoms with Gasteiger partial charge < -0.3 is 10.5 Å². The number of hydrogen-bond donors (Lipinski definition) is 1. The highest BCUT2D eigenvalue weighted by molar-refractivity contribution is 5.97. The van der Waals surface area contributed by atoms with Gasteiger partial charge in [0.25, 0.3) is 5.91 Å². The summed E-state index contributed by atoms with van der Waals surface area (Å²) >= 11 is 0. The van der Waals surface area contributed by atoms with E-state index in [1.807, 2.05) is 0 Å². The van der Waals surface area contributed by atoms with Gasteiger partial charge in [0, 0.05) is 12.7 Å². The minimum absolute atomic E-state index is 0.175. The Morgan fingerprint density at radius 1 is 1.53 bits per heavy atom. The smallest absolute Gasteiger partial charge is 0.256 e. The van der Waals surface area contributed by atoms with Crippen molar-refractivity contribution < 1.29 is 19.2 Å². The van der Waals surface area contributed by atoms with Crippen LogP contribution >= 0.6 is 0 Å². The SMILES string of the molecule is COCCN1OC[C@@H](c2ccccc2C(N)=O)C1=O. The quantitative estimate of drug-likeness (QED) is 0.828. The van der Waals surface area contributed by atoms with Crippen LogP contribution in [0.1, 0.15) is 21.8 Å². The van der Waals surface area contributed by atoms with E-state index in [2.05, 4.69) is 0 Å². The van der Waals surface area contributed by atoms with Crippen LogP contribution < -0.4 is 5.73 Å². The van der Waals surface area contributed by atoms with Crippen molar-refractivity contribution in [3.05, 3.63) is 35.4 Å². The molecule has 19 heavy (non-hydrogen) atoms. The second-order valence-corrected chi connectivity index (χ2v) is 4.23. The molecule has 0 aromatic heterocycles. The lowest BCUT2D eigenvalue weighted by molar-refractivity contribution is -0.164. The number of primary amides is 1. The molecule has 1 aromatic carbocycles. The first-order valence-electron chi connectivity index (χ1n) is 5.97. The number of rotatable bonds is 5. The molecule has 1 atom stereocenters. The molecule has 0 bridgehead atoms. The monoisotopic (exact) mass is 264 g/mol. The van der Waals surface area contributed by atoms with Crippen molar-refractivity contribution in [1.29, 1.82) is 0 Å². The van der Waals surface area contributed by atoms with Gasteiger partial charge in [-0.15, -0.1) is 0 Å². The Balaban J connectivity index is 2.20. The zero-order chi connectivity index (χ0) is 13.8. The number of nitrogens with zero attached hydrogens (tertiary/aromatic N) is 1. The predicted octanol–water partition coefficient (Wildman–Crippen LogP) is 0.289. The lowest BCUT2D eigenvalue weighted by Gasteiger charge is -2.14. The highest BCUT2D eigenvalue weighted by atomic mass is 16.7. The fraction of sp³-hybridized carbons (Fsp3) is 0.385. The summed E-state index contributed by atoms with van der Waals surface area (Å²) in [7, 11) is 1.56. The third-order valence-corrected chi connectivity index (χ3v) is 3.04. The molecule has 102 valence electrons. The maximum absolute atomic E-state index is 12.2. The third kappa shape index (κ3) is 2.74. The number of carbonyl (C=O) groups excluding carboxylic acids is 2. The van der Waals surface area contributed by atoms with E-state index in [0.717, 1.165) is 0 Å². The van der Waals surface area contributed by atoms with E-state index >= 15 is 0 Å². The molecule has 0 unspecified atom stereocenters. The van der Waals surface area contributed by atoms with Gasteiger partial charge >= 0.3 is 0 Å². The highest BCUT2D eigenvalue weighted by Gasteiger charge is 2.35. The van der Waals surface area contributed by atoms with Crippen LogP contribution in [0.2, 0.25) is 0 Å². The van der Waals surface area contributed by atoms with E-state index in [0.29, 0.717) is 24.3 Å². The summed E-state index contributed by atoms with van der Waals surface area (Å²) in [6, 6.07) is 6.83. The second-order valence-electron chi connectivity index (χ2n) is 4.23. The molecule has 2 amide bonds. The minimum atomic E-state index is -0.543. The Hall–Kier alpha value is -1.92. The molecule has 1 aliphatic rings. The molecule has 6 nitrogen and oxygen atoms in total. The van der Waals surface area contributed by atoms with Crippen molar-refractivity contribution in [2.45, 2.75) is 5.92 Å². The number of hydroxylamine groups is 2. The highest BCUT2D eigenvalue weighted by Crippen LogP contribution is 2.27. The van der Waals surface area contributed by atoms with Gasteiger partial charge in [0.1, 0.15) is 0 Å². The van der Waals surface area contributed by atoms with Crippen molar-refractivity contribution >= 4 is 11.8 Å². The maximum Gasteiger partial charge on any atom is 0.256 e. The molecular formula is C13H16N2O4. The fourth-order valence-corrected chi connectivity index (χ4v) is 2.07. The van der Waals surface area contributed by atoms with Gasteiger partial charge in [-0.3, -0.25) is 14.4 Å². The summed E-state index contributed by atoms with van der Waals surface area (Å²) < 4.78 is 4.91. The molecule has 1 fully saturated rings. The Morgan fingerprint density at radius 3 is 2.95 bits per heavy atom. The molecule has 0 saturated carbocycles. The largest absolute Gasteiger partial charge is 0.383 e. The Morgan fingerprint density at radius 2 is 2.26 bits per heavy atom. The average Bonchev–Trinajstić information content (AvgIpc) is 2.77. The first-order valence-corrected chi connectivity index (χ1v) is 5.97. The van der Waals surface area contributed by atoms with Gasteiger partial charge in [-0.05, 0) is 11.6 Å². The van der Waals surface area contributed by atoms with Crippen molar-refractivity contribution in [2.24, 2.45) is 5.73 Å². The van der Waals surface area contributed by atoms with Crippen LogP contribution in [0, 0.1) is 0 Å². The van der Waals surface area contributed by atoms with Crippen LogP contribution in [0.15, 0.2) is 24.3 Å². The van der Waals surface area contributed by atoms with Crippen LogP contribution in [0.3, 0.4) is 0 Å². The van der Waals surface area contributed by atoms with Gasteiger partial charge in [-0.2, -0.15) is 0 Å². The van der Waals surface area contributed by atoms with Crippen LogP contribution in [-0.2, 0) is 14.4 Å². The normalized spacial score (nSPS) is 18.9. The Bertz CT molecular complexity index is 489. The second kappa shape index (κ2) is 5.81. The van der Waals surface area contributed by atoms with Crippen LogP contribution in [0.5, 0.6) is 0 Å². The van der Waals surface area contributed by atoms with Crippen molar-refractivity contribution in [2.75, 3.05) is 26.9 Å². The Kier molecular flexibility index (Phi) is 4.13. The Labute approximate surface area is 111 Å². The molecule has 6 heteroatoms. The van der Waals surface area contributed by atoms with Gasteiger partial charge in [0.15, 0.2) is 0 Å². The molecular weight excluding hydrogens is 248 g/mol. The van der Waals surface area contributed by atoms with Crippen LogP contribution in [0.25, 0.3) is 0 Å². The number of amides is 2. The van der Waals surface area contributed by atoms with E-state index in [4.69, 9.17) is 15.3 Å². The fourth-order valence-electron chi connectivity index (χ4n) is 2.07. The first-order chi connectivity index (χ1) is 9.15. The van der Waals surface area contributed by atoms with E-state index in [-0.39, 0.29) is 12.5 Å². The lowest BCUT2D eigenvalue weighted by atomic mass is 9.94. The van der Waals surface area contributed by atoms with Gasteiger partial charge in [-0.1, -0.05) is 18.2 Å². The maximum atomic E-state index is 12.2. The molecule has 1 saturated heterocycles. The summed E-state index contributed by atoms with van der Waals surface area (Å²) in [5.74, 6) is -1.20. The lowest BCUT2D eigenvalue weighted by Crippen LogP contribution is -2.29. The number of hydrogen-bond acceptors (Lipinski definition) is 4. The summed E-state index contributed by atoms with van der Waals surface area (Å²) in [5.41, 5.74) is 6.29. The van der Waals surface area contributed by atoms with E-state index in [1.54, 1.807) is 31.4 Å². The zero-order valence-electron chi connectivity index (χ0n) is 10.7. The molecule has 1 aliphatic heterocycles. The number of ether oxygens (including phenoxy) is 1. The van der Waals surface area contributed by atoms with Crippen LogP contribution in [-0.4, -0.2) is 43.7 Å². The average molecular weight is 264 g/mol. The van der Waals surface area contributed by atoms with Crippen molar-refractivity contribution in [3.63, 3.8) is 0 Å². The molecule has 0 spiro atoms. The van der Waals surface area contributed by atoms with Crippen molar-refractivity contribution in [3.8, 4) is 0 Å². The van der Waals surface area contributed by atoms with Gasteiger partial charge in [0.05, 0.1) is 25.7 Å². The van der Waals surface area contributed by atoms with E-state index in [1.165, 1.54) is 5.06 Å². The van der Waals surface area contributed by atoms with Gasteiger partial charge in [0.2, 0.25) is 5.91 Å². The molecule has 2 N–H and O–H groups in total. The number of methoxy groups -OCH3 is 1. The minimum Gasteiger partial charge on any atom is -0.383 e. The molecule has 0 radical (unpaired) electrons. The predicted molar refractivity (Wildman–Crippen MR) is 67.2 cm³/mol. The zero-order valence-corrected chi connectivity index (χ0v) is 10.7.